The van der Waals surface area contributed by atoms with E-state index in [1.165, 1.54) is 11.1 Å². The molecule has 1 saturated carbocycles. The summed E-state index contributed by atoms with van der Waals surface area (Å²) in [7, 11) is 0. The highest BCUT2D eigenvalue weighted by Crippen LogP contribution is 2.61. The highest BCUT2D eigenvalue weighted by molar-refractivity contribution is 5.88. The van der Waals surface area contributed by atoms with Crippen molar-refractivity contribution < 1.29 is 19.4 Å². The molecule has 0 unspecified atom stereocenters. The quantitative estimate of drug-likeness (QED) is 0.735. The summed E-state index contributed by atoms with van der Waals surface area (Å²) in [6.07, 6.45) is 9.93. The molecule has 1 fully saturated rings. The normalized spacial score (nSPS) is 38.2. The Labute approximate surface area is 142 Å². The van der Waals surface area contributed by atoms with Crippen molar-refractivity contribution in [3.8, 4) is 0 Å². The summed E-state index contributed by atoms with van der Waals surface area (Å²) in [6.45, 7) is 4.21. The van der Waals surface area contributed by atoms with Crippen LogP contribution in [0.25, 0.3) is 0 Å². The molecule has 0 radical (unpaired) electrons. The van der Waals surface area contributed by atoms with Crippen LogP contribution in [0.5, 0.6) is 0 Å². The largest absolute Gasteiger partial charge is 0.481 e. The number of ether oxygens (including phenoxy) is 1. The molecule has 0 amide bonds. The van der Waals surface area contributed by atoms with Crippen LogP contribution in [0, 0.1) is 16.7 Å². The van der Waals surface area contributed by atoms with Crippen LogP contribution in [0.4, 0.5) is 0 Å². The number of aliphatic carboxylic acids is 1. The monoisotopic (exact) mass is 328 g/mol. The van der Waals surface area contributed by atoms with Crippen LogP contribution in [0.2, 0.25) is 0 Å². The summed E-state index contributed by atoms with van der Waals surface area (Å²) >= 11 is 0. The molecule has 0 aromatic carbocycles. The van der Waals surface area contributed by atoms with E-state index in [9.17, 15) is 14.7 Å². The third-order valence-electron chi connectivity index (χ3n) is 6.97. The van der Waals surface area contributed by atoms with Gasteiger partial charge in [0, 0.05) is 11.6 Å². The highest BCUT2D eigenvalue weighted by Gasteiger charge is 2.55. The lowest BCUT2D eigenvalue weighted by atomic mass is 9.49. The lowest BCUT2D eigenvalue weighted by Crippen LogP contribution is -2.50. The van der Waals surface area contributed by atoms with E-state index in [0.29, 0.717) is 5.76 Å². The van der Waals surface area contributed by atoms with Crippen LogP contribution < -0.4 is 0 Å². The van der Waals surface area contributed by atoms with Crippen LogP contribution in [-0.4, -0.2) is 17.0 Å². The van der Waals surface area contributed by atoms with E-state index in [1.807, 2.05) is 13.0 Å². The molecule has 4 heteroatoms. The highest BCUT2D eigenvalue weighted by atomic mass is 16.5. The van der Waals surface area contributed by atoms with Gasteiger partial charge in [0.2, 0.25) is 0 Å². The molecular formula is C20H24O4. The number of fused-ring (bicyclic) bond motifs is 3. The molecule has 0 bridgehead atoms. The van der Waals surface area contributed by atoms with Gasteiger partial charge in [0.05, 0.1) is 5.41 Å². The summed E-state index contributed by atoms with van der Waals surface area (Å²) in [6, 6.07) is 0. The van der Waals surface area contributed by atoms with E-state index in [0.717, 1.165) is 50.5 Å². The number of carboxylic acid groups (broad SMARTS) is 1. The molecule has 3 atom stereocenters. The van der Waals surface area contributed by atoms with Crippen molar-refractivity contribution in [2.45, 2.75) is 58.8 Å². The van der Waals surface area contributed by atoms with E-state index >= 15 is 0 Å². The van der Waals surface area contributed by atoms with Gasteiger partial charge in [0.15, 0.2) is 0 Å². The summed E-state index contributed by atoms with van der Waals surface area (Å²) in [4.78, 5) is 23.5. The second-order valence-electron chi connectivity index (χ2n) is 8.19. The molecule has 1 N–H and O–H groups in total. The molecular weight excluding hydrogens is 304 g/mol. The summed E-state index contributed by atoms with van der Waals surface area (Å²) in [5, 5.41) is 9.87. The number of hydrogen-bond donors (Lipinski definition) is 1. The predicted molar refractivity (Wildman–Crippen MR) is 88.9 cm³/mol. The van der Waals surface area contributed by atoms with Gasteiger partial charge in [0.1, 0.15) is 5.76 Å². The zero-order valence-corrected chi connectivity index (χ0v) is 14.4. The Kier molecular flexibility index (Phi) is 3.32. The topological polar surface area (TPSA) is 63.6 Å². The molecule has 1 heterocycles. The summed E-state index contributed by atoms with van der Waals surface area (Å²) < 4.78 is 5.34. The Hall–Kier alpha value is -1.84. The Bertz CT molecular complexity index is 726. The average molecular weight is 328 g/mol. The van der Waals surface area contributed by atoms with Crippen LogP contribution in [0.3, 0.4) is 0 Å². The molecule has 24 heavy (non-hydrogen) atoms. The smallest absolute Gasteiger partial charge is 0.336 e. The fourth-order valence-electron chi connectivity index (χ4n) is 5.70. The number of allylic oxidation sites excluding steroid dienone is 4. The zero-order valence-electron chi connectivity index (χ0n) is 14.4. The van der Waals surface area contributed by atoms with Gasteiger partial charge in [0.25, 0.3) is 0 Å². The number of hydrogen-bond acceptors (Lipinski definition) is 3. The molecule has 4 aliphatic rings. The van der Waals surface area contributed by atoms with Crippen molar-refractivity contribution >= 4 is 11.9 Å². The van der Waals surface area contributed by atoms with Crippen LogP contribution in [0.1, 0.15) is 58.8 Å². The Morgan fingerprint density at radius 3 is 2.75 bits per heavy atom. The van der Waals surface area contributed by atoms with Crippen LogP contribution in [0.15, 0.2) is 34.6 Å². The lowest BCUT2D eigenvalue weighted by molar-refractivity contribution is -0.159. The number of carbonyl (C=O) groups is 2. The van der Waals surface area contributed by atoms with Crippen LogP contribution >= 0.6 is 0 Å². The number of esters is 1. The van der Waals surface area contributed by atoms with Gasteiger partial charge in [-0.05, 0) is 68.4 Å². The predicted octanol–water partition coefficient (Wildman–Crippen LogP) is 4.14. The number of carbonyl (C=O) groups excluding carboxylic acids is 1. The molecule has 128 valence electrons. The molecule has 0 aromatic rings. The second kappa shape index (κ2) is 5.08. The first-order chi connectivity index (χ1) is 11.3. The van der Waals surface area contributed by atoms with Crippen LogP contribution in [-0.2, 0) is 14.3 Å². The van der Waals surface area contributed by atoms with Gasteiger partial charge in [-0.2, -0.15) is 0 Å². The Balaban J connectivity index is 1.77. The molecule has 0 spiro atoms. The molecule has 4 nitrogen and oxygen atoms in total. The average Bonchev–Trinajstić information content (AvgIpc) is 2.75. The van der Waals surface area contributed by atoms with Gasteiger partial charge < -0.3 is 9.84 Å². The van der Waals surface area contributed by atoms with Crippen molar-refractivity contribution in [1.29, 1.82) is 0 Å². The number of carboxylic acids is 1. The number of rotatable bonds is 1. The maximum Gasteiger partial charge on any atom is 0.336 e. The third kappa shape index (κ3) is 2.04. The first-order valence-electron chi connectivity index (χ1n) is 8.95. The van der Waals surface area contributed by atoms with E-state index in [2.05, 4.69) is 6.92 Å². The van der Waals surface area contributed by atoms with E-state index in [1.54, 1.807) is 6.08 Å². The van der Waals surface area contributed by atoms with Gasteiger partial charge in [-0.15, -0.1) is 0 Å². The minimum atomic E-state index is -0.650. The van der Waals surface area contributed by atoms with Crippen molar-refractivity contribution in [2.75, 3.05) is 0 Å². The Morgan fingerprint density at radius 2 is 2.00 bits per heavy atom. The maximum atomic E-state index is 12.0. The minimum absolute atomic E-state index is 0.0563. The van der Waals surface area contributed by atoms with Crippen molar-refractivity contribution in [2.24, 2.45) is 16.7 Å². The SMILES string of the molecule is C[C@]1(C(=O)O)CCC[C@]2(C)C3=C(C=C4OC(=O)C=C4CC3)CC[C@@H]12. The molecule has 3 aliphatic carbocycles. The van der Waals surface area contributed by atoms with E-state index < -0.39 is 11.4 Å². The van der Waals surface area contributed by atoms with Crippen molar-refractivity contribution in [3.63, 3.8) is 0 Å². The zero-order chi connectivity index (χ0) is 17.1. The van der Waals surface area contributed by atoms with E-state index in [4.69, 9.17) is 4.74 Å². The summed E-state index contributed by atoms with van der Waals surface area (Å²) in [5.74, 6) is -0.0222. The molecule has 1 aliphatic heterocycles. The van der Waals surface area contributed by atoms with Gasteiger partial charge in [-0.3, -0.25) is 4.79 Å². The molecule has 4 rings (SSSR count). The summed E-state index contributed by atoms with van der Waals surface area (Å²) in [5.41, 5.74) is 2.99. The van der Waals surface area contributed by atoms with E-state index in [-0.39, 0.29) is 17.3 Å². The van der Waals surface area contributed by atoms with Gasteiger partial charge >= 0.3 is 11.9 Å². The fraction of sp³-hybridized carbons (Fsp3) is 0.600. The van der Waals surface area contributed by atoms with Gasteiger partial charge in [-0.25, -0.2) is 4.79 Å². The van der Waals surface area contributed by atoms with Crippen molar-refractivity contribution in [1.82, 2.24) is 0 Å². The second-order valence-corrected chi connectivity index (χ2v) is 8.19. The van der Waals surface area contributed by atoms with Gasteiger partial charge in [-0.1, -0.05) is 18.9 Å². The Morgan fingerprint density at radius 1 is 1.21 bits per heavy atom. The first-order valence-corrected chi connectivity index (χ1v) is 8.95. The first kappa shape index (κ1) is 15.7. The van der Waals surface area contributed by atoms with Crippen molar-refractivity contribution in [3.05, 3.63) is 34.6 Å². The standard InChI is InChI=1S/C20H24O4/c1-19-8-3-9-20(2,18(22)23)16(19)7-5-12-10-15-13(4-6-14(12)19)11-17(21)24-15/h10-11,16H,3-9H2,1-2H3,(H,22,23)/t16-,19-,20+/m1/s1. The minimum Gasteiger partial charge on any atom is -0.481 e. The fourth-order valence-corrected chi connectivity index (χ4v) is 5.70. The molecule has 0 aromatic heterocycles. The maximum absolute atomic E-state index is 12.0. The molecule has 0 saturated heterocycles. The third-order valence-corrected chi connectivity index (χ3v) is 6.97. The lowest BCUT2D eigenvalue weighted by Gasteiger charge is -2.54.